The van der Waals surface area contributed by atoms with Crippen LogP contribution in [0.25, 0.3) is 11.0 Å². The van der Waals surface area contributed by atoms with Crippen molar-refractivity contribution < 1.29 is 0 Å². The summed E-state index contributed by atoms with van der Waals surface area (Å²) in [6.07, 6.45) is 6.19. The second-order valence-electron chi connectivity index (χ2n) is 3.23. The smallest absolute Gasteiger partial charge is 0.108 e. The SMILES string of the molecule is c1cnc2cnn(C3CC3)c2c1. The lowest BCUT2D eigenvalue weighted by molar-refractivity contribution is 0.665. The normalized spacial score (nSPS) is 17.0. The molecule has 2 aromatic rings. The predicted molar refractivity (Wildman–Crippen MR) is 45.8 cm³/mol. The molecule has 0 aromatic carbocycles. The van der Waals surface area contributed by atoms with Gasteiger partial charge in [-0.15, -0.1) is 0 Å². The Morgan fingerprint density at radius 3 is 3.17 bits per heavy atom. The second kappa shape index (κ2) is 2.06. The molecule has 2 heterocycles. The van der Waals surface area contributed by atoms with Gasteiger partial charge in [0.05, 0.1) is 17.8 Å². The van der Waals surface area contributed by atoms with E-state index in [4.69, 9.17) is 0 Å². The molecule has 1 aliphatic carbocycles. The first-order chi connectivity index (χ1) is 5.95. The van der Waals surface area contributed by atoms with E-state index in [0.29, 0.717) is 6.04 Å². The lowest BCUT2D eigenvalue weighted by Crippen LogP contribution is -1.94. The summed E-state index contributed by atoms with van der Waals surface area (Å²) in [6.45, 7) is 0. The molecule has 0 spiro atoms. The number of nitrogens with zero attached hydrogens (tertiary/aromatic N) is 3. The van der Waals surface area contributed by atoms with Crippen molar-refractivity contribution in [2.45, 2.75) is 18.9 Å². The molecule has 1 aliphatic rings. The molecule has 0 unspecified atom stereocenters. The Morgan fingerprint density at radius 1 is 1.42 bits per heavy atom. The maximum atomic E-state index is 4.31. The van der Waals surface area contributed by atoms with Crippen molar-refractivity contribution in [1.82, 2.24) is 14.8 Å². The van der Waals surface area contributed by atoms with Gasteiger partial charge in [-0.1, -0.05) is 0 Å². The summed E-state index contributed by atoms with van der Waals surface area (Å²) >= 11 is 0. The molecule has 0 aliphatic heterocycles. The molecule has 12 heavy (non-hydrogen) atoms. The Bertz CT molecular complexity index is 414. The zero-order chi connectivity index (χ0) is 7.97. The zero-order valence-corrected chi connectivity index (χ0v) is 6.64. The van der Waals surface area contributed by atoms with Gasteiger partial charge in [-0.2, -0.15) is 5.10 Å². The average molecular weight is 159 g/mol. The van der Waals surface area contributed by atoms with Crippen LogP contribution < -0.4 is 0 Å². The number of rotatable bonds is 1. The quantitative estimate of drug-likeness (QED) is 0.634. The molecule has 0 amide bonds. The van der Waals surface area contributed by atoms with E-state index in [-0.39, 0.29) is 0 Å². The van der Waals surface area contributed by atoms with Gasteiger partial charge in [-0.3, -0.25) is 9.67 Å². The zero-order valence-electron chi connectivity index (χ0n) is 6.64. The number of fused-ring (bicyclic) bond motifs is 1. The van der Waals surface area contributed by atoms with Crippen molar-refractivity contribution in [1.29, 1.82) is 0 Å². The Balaban J connectivity index is 2.30. The molecule has 1 saturated carbocycles. The van der Waals surface area contributed by atoms with Gasteiger partial charge in [0.1, 0.15) is 5.52 Å². The van der Waals surface area contributed by atoms with Gasteiger partial charge < -0.3 is 0 Å². The van der Waals surface area contributed by atoms with E-state index >= 15 is 0 Å². The highest BCUT2D eigenvalue weighted by Crippen LogP contribution is 2.35. The summed E-state index contributed by atoms with van der Waals surface area (Å²) in [7, 11) is 0. The van der Waals surface area contributed by atoms with Crippen LogP contribution >= 0.6 is 0 Å². The first kappa shape index (κ1) is 6.17. The fourth-order valence-electron chi connectivity index (χ4n) is 1.49. The van der Waals surface area contributed by atoms with Crippen molar-refractivity contribution in [3.63, 3.8) is 0 Å². The molecule has 0 radical (unpaired) electrons. The molecular formula is C9H9N3. The lowest BCUT2D eigenvalue weighted by Gasteiger charge is -1.97. The molecule has 0 N–H and O–H groups in total. The Morgan fingerprint density at radius 2 is 2.33 bits per heavy atom. The molecule has 0 atom stereocenters. The lowest BCUT2D eigenvalue weighted by atomic mass is 10.4. The van der Waals surface area contributed by atoms with Gasteiger partial charge >= 0.3 is 0 Å². The van der Waals surface area contributed by atoms with Gasteiger partial charge in [0.2, 0.25) is 0 Å². The topological polar surface area (TPSA) is 30.7 Å². The molecule has 3 nitrogen and oxygen atoms in total. The first-order valence-corrected chi connectivity index (χ1v) is 4.23. The maximum absolute atomic E-state index is 4.31. The average Bonchev–Trinajstić information content (AvgIpc) is 2.86. The van der Waals surface area contributed by atoms with Crippen LogP contribution in [0.3, 0.4) is 0 Å². The molecular weight excluding hydrogens is 150 g/mol. The largest absolute Gasteiger partial charge is 0.260 e. The minimum absolute atomic E-state index is 0.645. The third-order valence-corrected chi connectivity index (χ3v) is 2.26. The van der Waals surface area contributed by atoms with Crippen molar-refractivity contribution in [2.24, 2.45) is 0 Å². The van der Waals surface area contributed by atoms with Crippen molar-refractivity contribution in [2.75, 3.05) is 0 Å². The second-order valence-corrected chi connectivity index (χ2v) is 3.23. The summed E-state index contributed by atoms with van der Waals surface area (Å²) in [5.41, 5.74) is 2.17. The molecule has 2 aromatic heterocycles. The number of pyridine rings is 1. The fraction of sp³-hybridized carbons (Fsp3) is 0.333. The summed E-state index contributed by atoms with van der Waals surface area (Å²) in [5, 5.41) is 4.31. The third kappa shape index (κ3) is 0.763. The van der Waals surface area contributed by atoms with Crippen molar-refractivity contribution in [3.8, 4) is 0 Å². The standard InChI is InChI=1S/C9H9N3/c1-2-9-8(10-5-1)6-11-12(9)7-3-4-7/h1-2,5-7H,3-4H2. The highest BCUT2D eigenvalue weighted by molar-refractivity contribution is 5.73. The highest BCUT2D eigenvalue weighted by atomic mass is 15.3. The predicted octanol–water partition coefficient (Wildman–Crippen LogP) is 1.77. The Hall–Kier alpha value is -1.38. The van der Waals surface area contributed by atoms with Crippen LogP contribution in [0.4, 0.5) is 0 Å². The maximum Gasteiger partial charge on any atom is 0.108 e. The van der Waals surface area contributed by atoms with E-state index < -0.39 is 0 Å². The van der Waals surface area contributed by atoms with Crippen LogP contribution in [-0.2, 0) is 0 Å². The highest BCUT2D eigenvalue weighted by Gasteiger charge is 2.25. The number of hydrogen-bond acceptors (Lipinski definition) is 2. The third-order valence-electron chi connectivity index (χ3n) is 2.26. The molecule has 3 rings (SSSR count). The molecule has 0 bridgehead atoms. The van der Waals surface area contributed by atoms with Gasteiger partial charge in [-0.25, -0.2) is 0 Å². The van der Waals surface area contributed by atoms with Gasteiger partial charge in [0, 0.05) is 6.20 Å². The first-order valence-electron chi connectivity index (χ1n) is 4.23. The molecule has 0 saturated heterocycles. The minimum Gasteiger partial charge on any atom is -0.260 e. The number of hydrogen-bond donors (Lipinski definition) is 0. The van der Waals surface area contributed by atoms with Crippen LogP contribution in [0.1, 0.15) is 18.9 Å². The minimum atomic E-state index is 0.645. The van der Waals surface area contributed by atoms with Gasteiger partial charge in [0.25, 0.3) is 0 Å². The summed E-state index contributed by atoms with van der Waals surface area (Å²) in [5.74, 6) is 0. The fourth-order valence-corrected chi connectivity index (χ4v) is 1.49. The van der Waals surface area contributed by atoms with E-state index in [1.165, 1.54) is 18.4 Å². The molecule has 1 fully saturated rings. The van der Waals surface area contributed by atoms with Crippen molar-refractivity contribution >= 4 is 11.0 Å². The van der Waals surface area contributed by atoms with Crippen LogP contribution in [-0.4, -0.2) is 14.8 Å². The van der Waals surface area contributed by atoms with Crippen LogP contribution in [0.2, 0.25) is 0 Å². The molecule has 60 valence electrons. The molecule has 3 heteroatoms. The Kier molecular flexibility index (Phi) is 1.06. The summed E-state index contributed by atoms with van der Waals surface area (Å²) < 4.78 is 2.09. The van der Waals surface area contributed by atoms with E-state index in [0.717, 1.165) is 5.52 Å². The summed E-state index contributed by atoms with van der Waals surface area (Å²) in [4.78, 5) is 4.23. The van der Waals surface area contributed by atoms with Crippen LogP contribution in [0.5, 0.6) is 0 Å². The summed E-state index contributed by atoms with van der Waals surface area (Å²) in [6, 6.07) is 4.68. The Labute approximate surface area is 70.0 Å². The van der Waals surface area contributed by atoms with E-state index in [1.54, 1.807) is 6.20 Å². The van der Waals surface area contributed by atoms with Crippen molar-refractivity contribution in [3.05, 3.63) is 24.5 Å². The van der Waals surface area contributed by atoms with Gasteiger partial charge in [0.15, 0.2) is 0 Å². The van der Waals surface area contributed by atoms with E-state index in [9.17, 15) is 0 Å². The van der Waals surface area contributed by atoms with Crippen LogP contribution in [0.15, 0.2) is 24.5 Å². The number of aromatic nitrogens is 3. The monoisotopic (exact) mass is 159 g/mol. The van der Waals surface area contributed by atoms with E-state index in [2.05, 4.69) is 20.8 Å². The van der Waals surface area contributed by atoms with Gasteiger partial charge in [-0.05, 0) is 25.0 Å². The van der Waals surface area contributed by atoms with E-state index in [1.807, 2.05) is 12.3 Å². The van der Waals surface area contributed by atoms with Crippen LogP contribution in [0, 0.1) is 0 Å².